The summed E-state index contributed by atoms with van der Waals surface area (Å²) in [6.07, 6.45) is -4.54. The molecule has 0 bridgehead atoms. The van der Waals surface area contributed by atoms with E-state index in [2.05, 4.69) is 10.6 Å². The van der Waals surface area contributed by atoms with Gasteiger partial charge in [-0.25, -0.2) is 4.68 Å². The van der Waals surface area contributed by atoms with Crippen molar-refractivity contribution in [2.24, 2.45) is 7.05 Å². The summed E-state index contributed by atoms with van der Waals surface area (Å²) >= 11 is 0. The zero-order valence-corrected chi connectivity index (χ0v) is 19.0. The van der Waals surface area contributed by atoms with E-state index in [9.17, 15) is 22.8 Å². The van der Waals surface area contributed by atoms with Gasteiger partial charge in [0.2, 0.25) is 0 Å². The van der Waals surface area contributed by atoms with Gasteiger partial charge in [0.25, 0.3) is 11.5 Å². The van der Waals surface area contributed by atoms with Crippen molar-refractivity contribution in [1.82, 2.24) is 9.36 Å². The number of alkyl halides is 3. The Hall–Kier alpha value is -4.27. The van der Waals surface area contributed by atoms with Gasteiger partial charge >= 0.3 is 6.18 Å². The maximum atomic E-state index is 13.3. The lowest BCUT2D eigenvalue weighted by atomic mass is 10.1. The summed E-state index contributed by atoms with van der Waals surface area (Å²) in [5.74, 6) is -0.607. The first kappa shape index (κ1) is 23.9. The van der Waals surface area contributed by atoms with Crippen LogP contribution in [0.2, 0.25) is 0 Å². The van der Waals surface area contributed by atoms with E-state index in [0.717, 1.165) is 12.1 Å². The summed E-state index contributed by atoms with van der Waals surface area (Å²) in [5.41, 5.74) is 0.773. The van der Waals surface area contributed by atoms with E-state index in [4.69, 9.17) is 0 Å². The predicted molar refractivity (Wildman–Crippen MR) is 129 cm³/mol. The van der Waals surface area contributed by atoms with Crippen LogP contribution in [0, 0.1) is 6.92 Å². The van der Waals surface area contributed by atoms with Gasteiger partial charge in [0.15, 0.2) is 0 Å². The molecule has 0 saturated heterocycles. The molecule has 0 fully saturated rings. The summed E-state index contributed by atoms with van der Waals surface area (Å²) in [4.78, 5) is 26.6. The van der Waals surface area contributed by atoms with Crippen molar-refractivity contribution in [2.45, 2.75) is 19.1 Å². The summed E-state index contributed by atoms with van der Waals surface area (Å²) in [7, 11) is 1.73. The van der Waals surface area contributed by atoms with Gasteiger partial charge in [-0.1, -0.05) is 54.6 Å². The fraction of sp³-hybridized carbons (Fsp3) is 0.154. The van der Waals surface area contributed by atoms with Crippen LogP contribution >= 0.6 is 0 Å². The summed E-state index contributed by atoms with van der Waals surface area (Å²) in [6.45, 7) is 1.75. The first-order valence-corrected chi connectivity index (χ1v) is 10.8. The number of aromatic nitrogens is 2. The Bertz CT molecular complexity index is 1390. The molecule has 1 amide bonds. The maximum absolute atomic E-state index is 13.3. The van der Waals surface area contributed by atoms with Crippen LogP contribution in [0.5, 0.6) is 0 Å². The highest BCUT2D eigenvalue weighted by Crippen LogP contribution is 2.31. The fourth-order valence-corrected chi connectivity index (χ4v) is 3.81. The van der Waals surface area contributed by atoms with E-state index < -0.39 is 23.7 Å². The molecule has 6 nitrogen and oxygen atoms in total. The molecule has 0 aliphatic carbocycles. The number of carbonyl (C=O) groups is 1. The van der Waals surface area contributed by atoms with E-state index in [-0.39, 0.29) is 16.9 Å². The van der Waals surface area contributed by atoms with Crippen LogP contribution in [0.3, 0.4) is 0 Å². The number of nitrogens with zero attached hydrogens (tertiary/aromatic N) is 2. The molecule has 1 atom stereocenters. The lowest BCUT2D eigenvalue weighted by Crippen LogP contribution is -2.30. The van der Waals surface area contributed by atoms with E-state index in [1.807, 2.05) is 18.2 Å². The molecule has 4 aromatic rings. The number of rotatable bonds is 6. The second kappa shape index (κ2) is 9.54. The fourth-order valence-electron chi connectivity index (χ4n) is 3.81. The zero-order valence-electron chi connectivity index (χ0n) is 19.0. The highest BCUT2D eigenvalue weighted by Gasteiger charge is 2.31. The Labute approximate surface area is 199 Å². The number of nitrogens with one attached hydrogen (secondary N) is 2. The SMILES string of the molecule is Cc1c(NC(C(=O)Nc2cccc(C(F)(F)F)c2)c2ccccc2)c(=O)n(-c2ccccc2)n1C. The van der Waals surface area contributed by atoms with Gasteiger partial charge in [-0.05, 0) is 42.8 Å². The molecule has 180 valence electrons. The quantitative estimate of drug-likeness (QED) is 0.394. The minimum atomic E-state index is -4.54. The maximum Gasteiger partial charge on any atom is 0.416 e. The van der Waals surface area contributed by atoms with Crippen molar-refractivity contribution >= 4 is 17.3 Å². The second-order valence-electron chi connectivity index (χ2n) is 7.99. The van der Waals surface area contributed by atoms with Gasteiger partial charge < -0.3 is 10.6 Å². The summed E-state index contributed by atoms with van der Waals surface area (Å²) in [6, 6.07) is 21.1. The molecular weight excluding hydrogens is 457 g/mol. The van der Waals surface area contributed by atoms with Crippen molar-refractivity contribution in [3.8, 4) is 5.69 Å². The van der Waals surface area contributed by atoms with Crippen molar-refractivity contribution in [3.63, 3.8) is 0 Å². The molecule has 0 aliphatic rings. The van der Waals surface area contributed by atoms with Crippen LogP contribution in [0.25, 0.3) is 5.69 Å². The number of para-hydroxylation sites is 1. The molecule has 0 saturated carbocycles. The Morgan fingerprint density at radius 3 is 2.17 bits per heavy atom. The number of anilines is 2. The summed E-state index contributed by atoms with van der Waals surface area (Å²) < 4.78 is 42.5. The van der Waals surface area contributed by atoms with Gasteiger partial charge in [-0.2, -0.15) is 13.2 Å². The Balaban J connectivity index is 1.71. The van der Waals surface area contributed by atoms with Gasteiger partial charge in [-0.15, -0.1) is 0 Å². The third-order valence-electron chi connectivity index (χ3n) is 5.70. The Kier molecular flexibility index (Phi) is 6.50. The van der Waals surface area contributed by atoms with Crippen molar-refractivity contribution in [1.29, 1.82) is 0 Å². The molecule has 2 N–H and O–H groups in total. The molecule has 3 aromatic carbocycles. The average molecular weight is 480 g/mol. The van der Waals surface area contributed by atoms with Crippen LogP contribution in [-0.4, -0.2) is 15.3 Å². The number of benzene rings is 3. The standard InChI is InChI=1S/C26H23F3N4O2/c1-17-22(25(35)33(32(17)2)21-14-7-4-8-15-21)31-23(18-10-5-3-6-11-18)24(34)30-20-13-9-12-19(16-20)26(27,28)29/h3-16,23,31H,1-2H3,(H,30,34). The van der Waals surface area contributed by atoms with Crippen LogP contribution in [-0.2, 0) is 18.0 Å². The Morgan fingerprint density at radius 1 is 0.914 bits per heavy atom. The van der Waals surface area contributed by atoms with Gasteiger partial charge in [0.05, 0.1) is 16.9 Å². The molecule has 0 aliphatic heterocycles. The van der Waals surface area contributed by atoms with Crippen LogP contribution in [0.15, 0.2) is 89.7 Å². The van der Waals surface area contributed by atoms with Gasteiger partial charge in [-0.3, -0.25) is 14.3 Å². The van der Waals surface area contributed by atoms with Crippen LogP contribution < -0.4 is 16.2 Å². The highest BCUT2D eigenvalue weighted by molar-refractivity contribution is 5.97. The number of halogens is 3. The minimum Gasteiger partial charge on any atom is -0.364 e. The first-order chi connectivity index (χ1) is 16.7. The number of carbonyl (C=O) groups excluding carboxylic acids is 1. The van der Waals surface area contributed by atoms with Crippen LogP contribution in [0.1, 0.15) is 22.9 Å². The van der Waals surface area contributed by atoms with E-state index >= 15 is 0 Å². The number of hydrogen-bond donors (Lipinski definition) is 2. The van der Waals surface area contributed by atoms with Gasteiger partial charge in [0, 0.05) is 12.7 Å². The smallest absolute Gasteiger partial charge is 0.364 e. The predicted octanol–water partition coefficient (Wildman–Crippen LogP) is 5.30. The van der Waals surface area contributed by atoms with Crippen molar-refractivity contribution in [2.75, 3.05) is 10.6 Å². The zero-order chi connectivity index (χ0) is 25.2. The normalized spacial score (nSPS) is 12.3. The molecule has 0 spiro atoms. The third kappa shape index (κ3) is 4.98. The summed E-state index contributed by atoms with van der Waals surface area (Å²) in [5, 5.41) is 5.59. The molecule has 1 aromatic heterocycles. The number of hydrogen-bond acceptors (Lipinski definition) is 3. The van der Waals surface area contributed by atoms with Crippen molar-refractivity contribution in [3.05, 3.63) is 112 Å². The molecule has 4 rings (SSSR count). The topological polar surface area (TPSA) is 68.1 Å². The lowest BCUT2D eigenvalue weighted by Gasteiger charge is -2.20. The first-order valence-electron chi connectivity index (χ1n) is 10.8. The lowest BCUT2D eigenvalue weighted by molar-refractivity contribution is -0.137. The monoisotopic (exact) mass is 480 g/mol. The molecular formula is C26H23F3N4O2. The Morgan fingerprint density at radius 2 is 1.54 bits per heavy atom. The second-order valence-corrected chi connectivity index (χ2v) is 7.99. The van der Waals surface area contributed by atoms with Crippen molar-refractivity contribution < 1.29 is 18.0 Å². The molecule has 9 heteroatoms. The van der Waals surface area contributed by atoms with Gasteiger partial charge in [0.1, 0.15) is 11.7 Å². The molecule has 35 heavy (non-hydrogen) atoms. The highest BCUT2D eigenvalue weighted by atomic mass is 19.4. The van der Waals surface area contributed by atoms with E-state index in [0.29, 0.717) is 16.9 Å². The molecule has 1 unspecified atom stereocenters. The van der Waals surface area contributed by atoms with E-state index in [1.165, 1.54) is 16.8 Å². The van der Waals surface area contributed by atoms with E-state index in [1.54, 1.807) is 61.1 Å². The van der Waals surface area contributed by atoms with Crippen LogP contribution in [0.4, 0.5) is 24.5 Å². The molecule has 1 heterocycles. The minimum absolute atomic E-state index is 0.000892. The largest absolute Gasteiger partial charge is 0.416 e. The molecule has 0 radical (unpaired) electrons. The third-order valence-corrected chi connectivity index (χ3v) is 5.70. The average Bonchev–Trinajstić information content (AvgIpc) is 3.05. The number of amides is 1.